The molecule has 0 spiro atoms. The van der Waals surface area contributed by atoms with E-state index in [0.29, 0.717) is 5.25 Å². The van der Waals surface area contributed by atoms with Crippen LogP contribution in [0.15, 0.2) is 0 Å². The molecule has 0 aromatic carbocycles. The van der Waals surface area contributed by atoms with E-state index in [2.05, 4.69) is 0 Å². The maximum absolute atomic E-state index is 7.99. The summed E-state index contributed by atoms with van der Waals surface area (Å²) < 4.78 is 0. The summed E-state index contributed by atoms with van der Waals surface area (Å²) >= 11 is 1.40. The van der Waals surface area contributed by atoms with E-state index in [4.69, 9.17) is 5.26 Å². The molecule has 6 heavy (non-hydrogen) atoms. The molecule has 0 heterocycles. The van der Waals surface area contributed by atoms with Crippen LogP contribution in [0.2, 0.25) is 0 Å². The number of nitrogens with zero attached hydrogens (tertiary/aromatic N) is 1. The normalized spacial score (nSPS) is 19.8. The summed E-state index contributed by atoms with van der Waals surface area (Å²) in [5.41, 5.74) is 0. The largest absolute Gasteiger partial charge is 0.185 e. The molecule has 2 heteroatoms. The average molecular weight is 99.2 g/mol. The Bertz CT molecular complexity index is 80.0. The SMILES string of the molecule is N#CSC1CC1. The Hall–Kier alpha value is -0.160. The molecule has 0 bridgehead atoms. The van der Waals surface area contributed by atoms with E-state index in [-0.39, 0.29) is 0 Å². The maximum atomic E-state index is 7.99. The van der Waals surface area contributed by atoms with Gasteiger partial charge in [0.05, 0.1) is 0 Å². The standard InChI is InChI=1S/C4H5NS/c5-3-6-4-1-2-4/h4H,1-2H2. The summed E-state index contributed by atoms with van der Waals surface area (Å²) in [5, 5.41) is 10.7. The van der Waals surface area contributed by atoms with E-state index in [1.807, 2.05) is 5.40 Å². The molecule has 0 radical (unpaired) electrons. The molecule has 1 fully saturated rings. The Balaban J connectivity index is 2.05. The Morgan fingerprint density at radius 1 is 1.67 bits per heavy atom. The van der Waals surface area contributed by atoms with Gasteiger partial charge < -0.3 is 0 Å². The second-order valence-corrected chi connectivity index (χ2v) is 2.49. The number of hydrogen-bond acceptors (Lipinski definition) is 2. The summed E-state index contributed by atoms with van der Waals surface area (Å²) in [6.45, 7) is 0. The van der Waals surface area contributed by atoms with Crippen LogP contribution < -0.4 is 0 Å². The number of nitriles is 1. The summed E-state index contributed by atoms with van der Waals surface area (Å²) in [6.07, 6.45) is 2.52. The van der Waals surface area contributed by atoms with Crippen molar-refractivity contribution in [1.29, 1.82) is 5.26 Å². The molecule has 1 aliphatic rings. The van der Waals surface area contributed by atoms with Gasteiger partial charge in [-0.15, -0.1) is 0 Å². The van der Waals surface area contributed by atoms with Crippen LogP contribution in [0.4, 0.5) is 0 Å². The highest BCUT2D eigenvalue weighted by Crippen LogP contribution is 2.32. The first-order valence-electron chi connectivity index (χ1n) is 1.98. The van der Waals surface area contributed by atoms with Crippen molar-refractivity contribution in [1.82, 2.24) is 0 Å². The lowest BCUT2D eigenvalue weighted by molar-refractivity contribution is 1.50. The van der Waals surface area contributed by atoms with Crippen molar-refractivity contribution in [2.45, 2.75) is 18.1 Å². The van der Waals surface area contributed by atoms with Gasteiger partial charge in [-0.1, -0.05) is 0 Å². The third kappa shape index (κ3) is 0.908. The number of hydrogen-bond donors (Lipinski definition) is 0. The molecule has 1 saturated carbocycles. The summed E-state index contributed by atoms with van der Waals surface area (Å²) in [7, 11) is 0. The molecule has 0 saturated heterocycles. The van der Waals surface area contributed by atoms with Crippen molar-refractivity contribution in [2.24, 2.45) is 0 Å². The van der Waals surface area contributed by atoms with E-state index in [1.54, 1.807) is 0 Å². The van der Waals surface area contributed by atoms with Gasteiger partial charge in [0.1, 0.15) is 5.40 Å². The van der Waals surface area contributed by atoms with Gasteiger partial charge in [0, 0.05) is 5.25 Å². The minimum atomic E-state index is 0.704. The quantitative estimate of drug-likeness (QED) is 0.463. The summed E-state index contributed by atoms with van der Waals surface area (Å²) in [5.74, 6) is 0. The van der Waals surface area contributed by atoms with E-state index in [9.17, 15) is 0 Å². The van der Waals surface area contributed by atoms with E-state index < -0.39 is 0 Å². The molecule has 32 valence electrons. The lowest BCUT2D eigenvalue weighted by Crippen LogP contribution is -1.59. The Morgan fingerprint density at radius 3 is 2.50 bits per heavy atom. The fraction of sp³-hybridized carbons (Fsp3) is 0.750. The van der Waals surface area contributed by atoms with Crippen molar-refractivity contribution in [3.8, 4) is 5.40 Å². The predicted octanol–water partition coefficient (Wildman–Crippen LogP) is 1.36. The molecule has 0 aromatic heterocycles. The second-order valence-electron chi connectivity index (χ2n) is 1.41. The predicted molar refractivity (Wildman–Crippen MR) is 26.2 cm³/mol. The van der Waals surface area contributed by atoms with Crippen LogP contribution in [0.3, 0.4) is 0 Å². The van der Waals surface area contributed by atoms with Crippen molar-refractivity contribution in [3.63, 3.8) is 0 Å². The van der Waals surface area contributed by atoms with Crippen LogP contribution in [0.25, 0.3) is 0 Å². The van der Waals surface area contributed by atoms with Crippen LogP contribution in [0.1, 0.15) is 12.8 Å². The smallest absolute Gasteiger partial charge is 0.133 e. The van der Waals surface area contributed by atoms with E-state index >= 15 is 0 Å². The molecule has 1 nitrogen and oxygen atoms in total. The van der Waals surface area contributed by atoms with Crippen molar-refractivity contribution in [2.75, 3.05) is 0 Å². The molecule has 1 rings (SSSR count). The van der Waals surface area contributed by atoms with Crippen LogP contribution in [-0.2, 0) is 0 Å². The first-order valence-corrected chi connectivity index (χ1v) is 2.86. The average Bonchev–Trinajstić information content (AvgIpc) is 2.21. The van der Waals surface area contributed by atoms with Crippen LogP contribution in [-0.4, -0.2) is 5.25 Å². The molecule has 0 aliphatic heterocycles. The number of thioether (sulfide) groups is 1. The monoisotopic (exact) mass is 99.0 g/mol. The third-order valence-electron chi connectivity index (χ3n) is 0.744. The Morgan fingerprint density at radius 2 is 2.33 bits per heavy atom. The molecular weight excluding hydrogens is 94.1 g/mol. The lowest BCUT2D eigenvalue weighted by Gasteiger charge is -1.70. The number of thiocyanates is 1. The minimum Gasteiger partial charge on any atom is -0.185 e. The van der Waals surface area contributed by atoms with Gasteiger partial charge in [0.15, 0.2) is 0 Å². The minimum absolute atomic E-state index is 0.704. The molecule has 0 amide bonds. The highest BCUT2D eigenvalue weighted by molar-refractivity contribution is 8.04. The van der Waals surface area contributed by atoms with Crippen molar-refractivity contribution in [3.05, 3.63) is 0 Å². The van der Waals surface area contributed by atoms with E-state index in [1.165, 1.54) is 24.6 Å². The highest BCUT2D eigenvalue weighted by Gasteiger charge is 2.21. The number of rotatable bonds is 1. The first kappa shape index (κ1) is 4.01. The fourth-order valence-electron chi connectivity index (χ4n) is 0.260. The zero-order valence-corrected chi connectivity index (χ0v) is 4.16. The Labute approximate surface area is 41.3 Å². The maximum Gasteiger partial charge on any atom is 0.133 e. The van der Waals surface area contributed by atoms with Crippen molar-refractivity contribution < 1.29 is 0 Å². The van der Waals surface area contributed by atoms with Gasteiger partial charge >= 0.3 is 0 Å². The van der Waals surface area contributed by atoms with Gasteiger partial charge in [0.2, 0.25) is 0 Å². The second kappa shape index (κ2) is 1.53. The van der Waals surface area contributed by atoms with Crippen LogP contribution in [0, 0.1) is 10.7 Å². The van der Waals surface area contributed by atoms with Crippen LogP contribution >= 0.6 is 11.8 Å². The van der Waals surface area contributed by atoms with Gasteiger partial charge in [0.25, 0.3) is 0 Å². The van der Waals surface area contributed by atoms with Gasteiger partial charge in [-0.3, -0.25) is 0 Å². The topological polar surface area (TPSA) is 23.8 Å². The zero-order chi connectivity index (χ0) is 4.41. The molecule has 1 aliphatic carbocycles. The third-order valence-corrected chi connectivity index (χ3v) is 1.65. The first-order chi connectivity index (χ1) is 2.93. The van der Waals surface area contributed by atoms with Crippen LogP contribution in [0.5, 0.6) is 0 Å². The van der Waals surface area contributed by atoms with Gasteiger partial charge in [-0.2, -0.15) is 5.26 Å². The van der Waals surface area contributed by atoms with E-state index in [0.717, 1.165) is 0 Å². The molecule has 0 aromatic rings. The summed E-state index contributed by atoms with van der Waals surface area (Å²) in [6, 6.07) is 0. The molecule has 0 unspecified atom stereocenters. The van der Waals surface area contributed by atoms with Gasteiger partial charge in [-0.05, 0) is 24.6 Å². The lowest BCUT2D eigenvalue weighted by atomic mass is 11.0. The summed E-state index contributed by atoms with van der Waals surface area (Å²) in [4.78, 5) is 0. The highest BCUT2D eigenvalue weighted by atomic mass is 32.2. The molecule has 0 atom stereocenters. The Kier molecular flexibility index (Phi) is 1.02. The molecular formula is C4H5NS. The van der Waals surface area contributed by atoms with Crippen molar-refractivity contribution >= 4 is 11.8 Å². The fourth-order valence-corrected chi connectivity index (χ4v) is 0.781. The zero-order valence-electron chi connectivity index (χ0n) is 3.35. The molecule has 0 N–H and O–H groups in total. The van der Waals surface area contributed by atoms with Gasteiger partial charge in [-0.25, -0.2) is 0 Å².